The Bertz CT molecular complexity index is 1450. The van der Waals surface area contributed by atoms with Gasteiger partial charge in [0.2, 0.25) is 5.91 Å². The quantitative estimate of drug-likeness (QED) is 0.0195. The van der Waals surface area contributed by atoms with Gasteiger partial charge in [0.05, 0.1) is 32.0 Å². The van der Waals surface area contributed by atoms with E-state index in [0.29, 0.717) is 19.4 Å². The average Bonchev–Trinajstić information content (AvgIpc) is 3.45. The van der Waals surface area contributed by atoms with Crippen molar-refractivity contribution in [3.8, 4) is 0 Å². The fraction of sp³-hybridized carbons (Fsp3) is 0.853. The molecule has 0 spiro atoms. The summed E-state index contributed by atoms with van der Waals surface area (Å²) in [5.41, 5.74) is 0. The molecule has 79 heavy (non-hydrogen) atoms. The van der Waals surface area contributed by atoms with Gasteiger partial charge in [-0.25, -0.2) is 0 Å². The normalized spacial score (nSPS) is 18.7. The summed E-state index contributed by atoms with van der Waals surface area (Å²) in [6.45, 7) is 4.26. The van der Waals surface area contributed by atoms with E-state index in [9.17, 15) is 35.1 Å². The van der Waals surface area contributed by atoms with Crippen LogP contribution in [0, 0.1) is 0 Å². The molecule has 462 valence electrons. The molecule has 0 aromatic carbocycles. The third-order valence-electron chi connectivity index (χ3n) is 15.6. The minimum absolute atomic E-state index is 0.00792. The molecule has 1 saturated heterocycles. The van der Waals surface area contributed by atoms with Crippen molar-refractivity contribution in [3.05, 3.63) is 48.6 Å². The molecule has 0 saturated carbocycles. The molecule has 1 amide bonds. The summed E-state index contributed by atoms with van der Waals surface area (Å²) in [7, 11) is 0. The van der Waals surface area contributed by atoms with E-state index < -0.39 is 49.5 Å². The van der Waals surface area contributed by atoms with Crippen LogP contribution in [0.25, 0.3) is 0 Å². The molecule has 0 aromatic rings. The third kappa shape index (κ3) is 46.8. The smallest absolute Gasteiger partial charge is 0.305 e. The number of unbranched alkanes of at least 4 members (excludes halogenated alkanes) is 38. The fourth-order valence-electron chi connectivity index (χ4n) is 10.4. The maximum Gasteiger partial charge on any atom is 0.305 e. The van der Waals surface area contributed by atoms with Gasteiger partial charge in [-0.05, 0) is 83.5 Å². The van der Waals surface area contributed by atoms with Gasteiger partial charge in [-0.1, -0.05) is 262 Å². The molecule has 1 aliphatic heterocycles. The first-order valence-electron chi connectivity index (χ1n) is 33.4. The highest BCUT2D eigenvalue weighted by Crippen LogP contribution is 2.23. The monoisotopic (exact) mass is 1120 g/mol. The Morgan fingerprint density at radius 3 is 1.34 bits per heavy atom. The zero-order chi connectivity index (χ0) is 57.3. The largest absolute Gasteiger partial charge is 0.466 e. The van der Waals surface area contributed by atoms with Crippen molar-refractivity contribution in [1.82, 2.24) is 5.32 Å². The highest BCUT2D eigenvalue weighted by molar-refractivity contribution is 5.76. The van der Waals surface area contributed by atoms with E-state index in [1.54, 1.807) is 6.08 Å². The van der Waals surface area contributed by atoms with Crippen molar-refractivity contribution in [2.24, 2.45) is 0 Å². The Kier molecular flexibility index (Phi) is 54.3. The number of amides is 1. The number of nitrogens with one attached hydrogen (secondary N) is 1. The van der Waals surface area contributed by atoms with Gasteiger partial charge >= 0.3 is 5.97 Å². The molecule has 0 bridgehead atoms. The molecule has 11 heteroatoms. The number of hydrogen-bond acceptors (Lipinski definition) is 10. The minimum Gasteiger partial charge on any atom is -0.466 e. The first kappa shape index (κ1) is 74.6. The molecule has 1 rings (SSSR count). The summed E-state index contributed by atoms with van der Waals surface area (Å²) in [6, 6.07) is -0.808. The maximum absolute atomic E-state index is 13.0. The first-order chi connectivity index (χ1) is 38.7. The van der Waals surface area contributed by atoms with Crippen LogP contribution in [0.5, 0.6) is 0 Å². The number of aliphatic hydroxyl groups is 5. The Morgan fingerprint density at radius 2 is 0.873 bits per heavy atom. The van der Waals surface area contributed by atoms with Crippen molar-refractivity contribution in [2.45, 2.75) is 352 Å². The fourth-order valence-corrected chi connectivity index (χ4v) is 10.4. The molecule has 11 nitrogen and oxygen atoms in total. The Morgan fingerprint density at radius 1 is 0.468 bits per heavy atom. The van der Waals surface area contributed by atoms with E-state index in [4.69, 9.17) is 14.2 Å². The highest BCUT2D eigenvalue weighted by Gasteiger charge is 2.44. The van der Waals surface area contributed by atoms with Crippen LogP contribution < -0.4 is 5.32 Å². The third-order valence-corrected chi connectivity index (χ3v) is 15.6. The number of aliphatic hydroxyl groups excluding tert-OH is 5. The minimum atomic E-state index is -1.57. The summed E-state index contributed by atoms with van der Waals surface area (Å²) < 4.78 is 16.7. The summed E-state index contributed by atoms with van der Waals surface area (Å²) in [6.07, 6.45) is 63.9. The summed E-state index contributed by atoms with van der Waals surface area (Å²) in [4.78, 5) is 25.0. The van der Waals surface area contributed by atoms with Crippen molar-refractivity contribution in [1.29, 1.82) is 0 Å². The van der Waals surface area contributed by atoms with E-state index >= 15 is 0 Å². The summed E-state index contributed by atoms with van der Waals surface area (Å²) >= 11 is 0. The second-order valence-corrected chi connectivity index (χ2v) is 23.2. The van der Waals surface area contributed by atoms with Gasteiger partial charge in [-0.15, -0.1) is 0 Å². The number of ether oxygens (including phenoxy) is 3. The van der Waals surface area contributed by atoms with Gasteiger partial charge in [0.25, 0.3) is 0 Å². The molecule has 6 N–H and O–H groups in total. The summed E-state index contributed by atoms with van der Waals surface area (Å²) in [5.74, 6) is -0.191. The summed E-state index contributed by atoms with van der Waals surface area (Å²) in [5, 5.41) is 54.3. The van der Waals surface area contributed by atoms with E-state index in [1.165, 1.54) is 218 Å². The lowest BCUT2D eigenvalue weighted by Crippen LogP contribution is -2.60. The molecule has 0 aliphatic carbocycles. The van der Waals surface area contributed by atoms with Crippen LogP contribution in [-0.4, -0.2) is 100 Å². The SMILES string of the molecule is CCC/C=C\C/C=C\CCCCCCCC(=O)OCCCCCCCCCCCCCC/C=C\CCCCCCCCCCCCCCCC(=O)NC(COC1OC(CO)C(O)C(O)C1O)C(O)/C=C/CCCCCCCCC. The molecule has 1 heterocycles. The van der Waals surface area contributed by atoms with E-state index in [0.717, 1.165) is 64.2 Å². The zero-order valence-corrected chi connectivity index (χ0v) is 51.1. The maximum atomic E-state index is 13.0. The van der Waals surface area contributed by atoms with Crippen LogP contribution in [0.2, 0.25) is 0 Å². The number of rotatable bonds is 58. The Hall–Kier alpha value is -2.38. The average molecular weight is 1120 g/mol. The van der Waals surface area contributed by atoms with Crippen LogP contribution in [0.1, 0.15) is 309 Å². The van der Waals surface area contributed by atoms with E-state index in [2.05, 4.69) is 55.6 Å². The molecular formula is C68H125NO10. The van der Waals surface area contributed by atoms with Crippen LogP contribution in [0.4, 0.5) is 0 Å². The number of carbonyl (C=O) groups is 2. The second-order valence-electron chi connectivity index (χ2n) is 23.2. The lowest BCUT2D eigenvalue weighted by molar-refractivity contribution is -0.302. The lowest BCUT2D eigenvalue weighted by atomic mass is 9.99. The Balaban J connectivity index is 1.94. The van der Waals surface area contributed by atoms with Gasteiger partial charge in [-0.3, -0.25) is 9.59 Å². The molecule has 7 unspecified atom stereocenters. The van der Waals surface area contributed by atoms with E-state index in [-0.39, 0.29) is 18.5 Å². The van der Waals surface area contributed by atoms with Crippen molar-refractivity contribution in [3.63, 3.8) is 0 Å². The van der Waals surface area contributed by atoms with Crippen LogP contribution >= 0.6 is 0 Å². The zero-order valence-electron chi connectivity index (χ0n) is 51.1. The first-order valence-corrected chi connectivity index (χ1v) is 33.4. The van der Waals surface area contributed by atoms with Crippen LogP contribution in [0.3, 0.4) is 0 Å². The molecule has 7 atom stereocenters. The van der Waals surface area contributed by atoms with Crippen LogP contribution in [-0.2, 0) is 23.8 Å². The van der Waals surface area contributed by atoms with E-state index in [1.807, 2.05) is 6.08 Å². The molecule has 1 fully saturated rings. The topological polar surface area (TPSA) is 175 Å². The van der Waals surface area contributed by atoms with Crippen molar-refractivity contribution < 1.29 is 49.3 Å². The van der Waals surface area contributed by atoms with Gasteiger partial charge in [0.1, 0.15) is 24.4 Å². The number of allylic oxidation sites excluding steroid dienone is 7. The number of hydrogen-bond donors (Lipinski definition) is 6. The van der Waals surface area contributed by atoms with Crippen molar-refractivity contribution >= 4 is 11.9 Å². The predicted octanol–water partition coefficient (Wildman–Crippen LogP) is 16.4. The number of carbonyl (C=O) groups excluding carboxylic acids is 2. The van der Waals surface area contributed by atoms with Gasteiger partial charge in [0.15, 0.2) is 6.29 Å². The van der Waals surface area contributed by atoms with Gasteiger partial charge in [-0.2, -0.15) is 0 Å². The lowest BCUT2D eigenvalue weighted by Gasteiger charge is -2.40. The molecule has 1 aliphatic rings. The highest BCUT2D eigenvalue weighted by atomic mass is 16.7. The predicted molar refractivity (Wildman–Crippen MR) is 329 cm³/mol. The van der Waals surface area contributed by atoms with Crippen molar-refractivity contribution in [2.75, 3.05) is 19.8 Å². The number of esters is 1. The molecular weight excluding hydrogens is 991 g/mol. The van der Waals surface area contributed by atoms with Crippen LogP contribution in [0.15, 0.2) is 48.6 Å². The van der Waals surface area contributed by atoms with Gasteiger partial charge in [0, 0.05) is 12.8 Å². The van der Waals surface area contributed by atoms with Gasteiger partial charge < -0.3 is 45.1 Å². The molecule has 0 aromatic heterocycles. The Labute approximate surface area is 485 Å². The second kappa shape index (κ2) is 57.4. The molecule has 0 radical (unpaired) electrons. The standard InChI is InChI=1S/C68H125NO10/c1-3-5-7-9-11-13-14-32-36-40-44-48-52-56-64(73)77-57-53-49-45-41-37-34-31-29-27-25-23-21-19-17-15-16-18-20-22-24-26-28-30-33-35-39-43-47-51-55-63(72)69-60(61(71)54-50-46-42-38-12-10-8-6-4-2)59-78-68-67(76)66(75)65(74)62(58-70)79-68/h7,9,13-15,17,50,54,60-62,65-68,70-71,74-76H,3-6,8,10-12,16,18-49,51-53,55-59H2,1-2H3,(H,69,72)/b9-7-,14-13-,17-15-,54-50+.